The Labute approximate surface area is 130 Å². The van der Waals surface area contributed by atoms with Crippen molar-refractivity contribution in [3.05, 3.63) is 58.5 Å². The number of aromatic nitrogens is 2. The first-order valence-electron chi connectivity index (χ1n) is 5.93. The number of pyridine rings is 1. The third-order valence-electron chi connectivity index (χ3n) is 2.82. The van der Waals surface area contributed by atoms with E-state index in [9.17, 15) is 0 Å². The number of benzene rings is 1. The molecule has 0 fully saturated rings. The van der Waals surface area contributed by atoms with Gasteiger partial charge in [-0.15, -0.1) is 11.8 Å². The molecule has 3 rings (SSSR count). The average Bonchev–Trinajstić information content (AvgIpc) is 2.81. The predicted molar refractivity (Wildman–Crippen MR) is 85.6 cm³/mol. The highest BCUT2D eigenvalue weighted by molar-refractivity contribution is 7.98. The van der Waals surface area contributed by atoms with Gasteiger partial charge in [-0.1, -0.05) is 23.2 Å². The molecule has 20 heavy (non-hydrogen) atoms. The summed E-state index contributed by atoms with van der Waals surface area (Å²) in [5.74, 6) is 0.726. The van der Waals surface area contributed by atoms with E-state index in [-0.39, 0.29) is 0 Å². The zero-order valence-electron chi connectivity index (χ0n) is 10.4. The highest BCUT2D eigenvalue weighted by Crippen LogP contribution is 2.30. The first-order chi connectivity index (χ1) is 9.61. The minimum atomic E-state index is 0.684. The number of nitrogens with zero attached hydrogens (tertiary/aromatic N) is 2. The molecule has 0 aliphatic heterocycles. The molecule has 6 heteroatoms. The van der Waals surface area contributed by atoms with Crippen molar-refractivity contribution in [1.29, 1.82) is 0 Å². The number of hydrogen-bond acceptors (Lipinski definition) is 3. The zero-order chi connectivity index (χ0) is 14.1. The van der Waals surface area contributed by atoms with Crippen molar-refractivity contribution in [1.82, 2.24) is 9.38 Å². The number of nitrogens with two attached hydrogens (primary N) is 1. The second-order valence-corrected chi connectivity index (χ2v) is 6.21. The topological polar surface area (TPSA) is 43.3 Å². The van der Waals surface area contributed by atoms with Gasteiger partial charge in [0, 0.05) is 33.8 Å². The molecule has 0 saturated carbocycles. The smallest absolute Gasteiger partial charge is 0.137 e. The summed E-state index contributed by atoms with van der Waals surface area (Å²) >= 11 is 13.5. The molecule has 0 saturated heterocycles. The Kier molecular flexibility index (Phi) is 3.78. The molecular formula is C14H11Cl2N3S. The number of fused-ring (bicyclic) bond motifs is 1. The number of imidazole rings is 1. The Balaban J connectivity index is 1.81. The molecule has 0 spiro atoms. The van der Waals surface area contributed by atoms with E-state index >= 15 is 0 Å². The summed E-state index contributed by atoms with van der Waals surface area (Å²) in [4.78, 5) is 5.50. The lowest BCUT2D eigenvalue weighted by molar-refractivity contribution is 1.18. The molecule has 0 bridgehead atoms. The Hall–Kier alpha value is -1.36. The number of anilines is 1. The standard InChI is InChI=1S/C14H11Cl2N3S/c15-9-1-3-12(17)13(5-9)20-8-11-7-19-6-10(16)2-4-14(19)18-11/h1-7H,8,17H2. The van der Waals surface area contributed by atoms with Crippen LogP contribution in [0.4, 0.5) is 5.69 Å². The molecule has 3 aromatic rings. The van der Waals surface area contributed by atoms with Crippen LogP contribution in [-0.2, 0) is 5.75 Å². The minimum Gasteiger partial charge on any atom is -0.398 e. The van der Waals surface area contributed by atoms with Crippen LogP contribution in [0.2, 0.25) is 10.0 Å². The second kappa shape index (κ2) is 5.56. The molecule has 2 heterocycles. The van der Waals surface area contributed by atoms with E-state index in [4.69, 9.17) is 28.9 Å². The maximum Gasteiger partial charge on any atom is 0.137 e. The Bertz CT molecular complexity index is 770. The molecule has 0 atom stereocenters. The van der Waals surface area contributed by atoms with Gasteiger partial charge in [-0.05, 0) is 30.3 Å². The molecular weight excluding hydrogens is 313 g/mol. The van der Waals surface area contributed by atoms with Gasteiger partial charge in [0.15, 0.2) is 0 Å². The second-order valence-electron chi connectivity index (χ2n) is 4.32. The fourth-order valence-electron chi connectivity index (χ4n) is 1.87. The summed E-state index contributed by atoms with van der Waals surface area (Å²) in [7, 11) is 0. The van der Waals surface area contributed by atoms with Crippen molar-refractivity contribution in [2.75, 3.05) is 5.73 Å². The summed E-state index contributed by atoms with van der Waals surface area (Å²) in [5, 5.41) is 1.37. The van der Waals surface area contributed by atoms with Crippen LogP contribution in [0.25, 0.3) is 5.65 Å². The molecule has 0 aliphatic carbocycles. The molecule has 0 radical (unpaired) electrons. The molecule has 2 N–H and O–H groups in total. The molecule has 0 amide bonds. The average molecular weight is 324 g/mol. The lowest BCUT2D eigenvalue weighted by Gasteiger charge is -2.04. The van der Waals surface area contributed by atoms with Crippen LogP contribution in [0.1, 0.15) is 5.69 Å². The maximum atomic E-state index is 5.98. The van der Waals surface area contributed by atoms with Crippen LogP contribution in [0.5, 0.6) is 0 Å². The Morgan fingerprint density at radius 3 is 2.75 bits per heavy atom. The lowest BCUT2D eigenvalue weighted by Crippen LogP contribution is -1.89. The number of thioether (sulfide) groups is 1. The van der Waals surface area contributed by atoms with Crippen LogP contribution in [-0.4, -0.2) is 9.38 Å². The van der Waals surface area contributed by atoms with Crippen LogP contribution in [0.15, 0.2) is 47.6 Å². The summed E-state index contributed by atoms with van der Waals surface area (Å²) < 4.78 is 1.92. The highest BCUT2D eigenvalue weighted by atomic mass is 35.5. The summed E-state index contributed by atoms with van der Waals surface area (Å²) in [6, 6.07) is 9.19. The molecule has 3 nitrogen and oxygen atoms in total. The summed E-state index contributed by atoms with van der Waals surface area (Å²) in [5.41, 5.74) is 8.50. The number of rotatable bonds is 3. The van der Waals surface area contributed by atoms with Gasteiger partial charge in [0.05, 0.1) is 10.7 Å². The normalized spacial score (nSPS) is 11.1. The summed E-state index contributed by atoms with van der Waals surface area (Å²) in [6.45, 7) is 0. The third kappa shape index (κ3) is 2.87. The van der Waals surface area contributed by atoms with Crippen LogP contribution in [0, 0.1) is 0 Å². The summed E-state index contributed by atoms with van der Waals surface area (Å²) in [6.07, 6.45) is 3.81. The van der Waals surface area contributed by atoms with Gasteiger partial charge >= 0.3 is 0 Å². The quantitative estimate of drug-likeness (QED) is 0.569. The van der Waals surface area contributed by atoms with Gasteiger partial charge in [0.25, 0.3) is 0 Å². The lowest BCUT2D eigenvalue weighted by atomic mass is 10.3. The number of nitrogen functional groups attached to an aromatic ring is 1. The van der Waals surface area contributed by atoms with E-state index in [0.717, 1.165) is 27.7 Å². The minimum absolute atomic E-state index is 0.684. The SMILES string of the molecule is Nc1ccc(Cl)cc1SCc1cn2cc(Cl)ccc2n1. The first kappa shape index (κ1) is 13.6. The van der Waals surface area contributed by atoms with E-state index in [1.165, 1.54) is 0 Å². The van der Waals surface area contributed by atoms with Crippen LogP contribution in [0.3, 0.4) is 0 Å². The van der Waals surface area contributed by atoms with Crippen LogP contribution < -0.4 is 5.73 Å². The monoisotopic (exact) mass is 323 g/mol. The van der Waals surface area contributed by atoms with Crippen molar-refractivity contribution in [3.63, 3.8) is 0 Å². The molecule has 2 aromatic heterocycles. The van der Waals surface area contributed by atoms with Crippen molar-refractivity contribution in [2.45, 2.75) is 10.6 Å². The van der Waals surface area contributed by atoms with Gasteiger partial charge in [-0.25, -0.2) is 4.98 Å². The van der Waals surface area contributed by atoms with Gasteiger partial charge in [0.1, 0.15) is 5.65 Å². The number of halogens is 2. The van der Waals surface area contributed by atoms with Crippen LogP contribution >= 0.6 is 35.0 Å². The zero-order valence-corrected chi connectivity index (χ0v) is 12.7. The molecule has 0 unspecified atom stereocenters. The molecule has 102 valence electrons. The van der Waals surface area contributed by atoms with Gasteiger partial charge < -0.3 is 10.1 Å². The Morgan fingerprint density at radius 2 is 1.90 bits per heavy atom. The van der Waals surface area contributed by atoms with Crippen molar-refractivity contribution in [3.8, 4) is 0 Å². The predicted octanol–water partition coefficient (Wildman–Crippen LogP) is 4.52. The largest absolute Gasteiger partial charge is 0.398 e. The van der Waals surface area contributed by atoms with E-state index in [2.05, 4.69) is 4.98 Å². The fraction of sp³-hybridized carbons (Fsp3) is 0.0714. The van der Waals surface area contributed by atoms with E-state index in [1.54, 1.807) is 17.8 Å². The van der Waals surface area contributed by atoms with Crippen molar-refractivity contribution < 1.29 is 0 Å². The van der Waals surface area contributed by atoms with Crippen molar-refractivity contribution in [2.24, 2.45) is 0 Å². The van der Waals surface area contributed by atoms with E-state index in [1.807, 2.05) is 41.1 Å². The molecule has 1 aromatic carbocycles. The fourth-order valence-corrected chi connectivity index (χ4v) is 3.16. The third-order valence-corrected chi connectivity index (χ3v) is 4.38. The highest BCUT2D eigenvalue weighted by Gasteiger charge is 2.05. The van der Waals surface area contributed by atoms with Gasteiger partial charge in [-0.2, -0.15) is 0 Å². The first-order valence-corrected chi connectivity index (χ1v) is 7.67. The number of hydrogen-bond donors (Lipinski definition) is 1. The van der Waals surface area contributed by atoms with Crippen molar-refractivity contribution >= 4 is 46.3 Å². The van der Waals surface area contributed by atoms with Gasteiger partial charge in [-0.3, -0.25) is 0 Å². The van der Waals surface area contributed by atoms with Gasteiger partial charge in [0.2, 0.25) is 0 Å². The maximum absolute atomic E-state index is 5.98. The van der Waals surface area contributed by atoms with E-state index in [0.29, 0.717) is 10.0 Å². The Morgan fingerprint density at radius 1 is 1.10 bits per heavy atom. The van der Waals surface area contributed by atoms with E-state index < -0.39 is 0 Å². The molecule has 0 aliphatic rings.